The van der Waals surface area contributed by atoms with E-state index in [0.717, 1.165) is 11.1 Å². The van der Waals surface area contributed by atoms with Crippen LogP contribution in [0.15, 0.2) is 61.2 Å². The Balaban J connectivity index is 1.47. The number of rotatable bonds is 10. The number of amides is 1. The highest BCUT2D eigenvalue weighted by molar-refractivity contribution is 7.93. The number of ether oxygens (including phenoxy) is 1. The van der Waals surface area contributed by atoms with E-state index in [1.807, 2.05) is 38.1 Å². The molecule has 0 saturated heterocycles. The molecule has 3 rings (SSSR count). The van der Waals surface area contributed by atoms with Crippen molar-refractivity contribution in [2.75, 3.05) is 10.5 Å². The van der Waals surface area contributed by atoms with Crippen LogP contribution < -0.4 is 14.8 Å². The Morgan fingerprint density at radius 2 is 1.74 bits per heavy atom. The van der Waals surface area contributed by atoms with E-state index in [1.54, 1.807) is 35.3 Å². The van der Waals surface area contributed by atoms with Crippen molar-refractivity contribution < 1.29 is 17.9 Å². The molecule has 164 valence electrons. The number of sulfonamides is 1. The van der Waals surface area contributed by atoms with Crippen molar-refractivity contribution in [3.63, 3.8) is 0 Å². The third kappa shape index (κ3) is 7.41. The largest absolute Gasteiger partial charge is 0.491 e. The van der Waals surface area contributed by atoms with E-state index in [0.29, 0.717) is 18.0 Å². The zero-order valence-corrected chi connectivity index (χ0v) is 18.2. The lowest BCUT2D eigenvalue weighted by atomic mass is 10.1. The molecule has 1 aromatic heterocycles. The van der Waals surface area contributed by atoms with Gasteiger partial charge in [0.1, 0.15) is 24.2 Å². The van der Waals surface area contributed by atoms with Crippen LogP contribution in [0.4, 0.5) is 5.69 Å². The summed E-state index contributed by atoms with van der Waals surface area (Å²) in [7, 11) is -3.83. The minimum Gasteiger partial charge on any atom is -0.491 e. The molecule has 0 saturated carbocycles. The van der Waals surface area contributed by atoms with E-state index in [4.69, 9.17) is 4.74 Å². The molecule has 0 spiro atoms. The highest BCUT2D eigenvalue weighted by Crippen LogP contribution is 2.18. The second kappa shape index (κ2) is 10.1. The molecular formula is C21H25N5O4S. The smallest absolute Gasteiger partial charge is 0.241 e. The summed E-state index contributed by atoms with van der Waals surface area (Å²) < 4.78 is 34.2. The minimum absolute atomic E-state index is 0.0242. The van der Waals surface area contributed by atoms with Crippen LogP contribution in [0.3, 0.4) is 0 Å². The Morgan fingerprint density at radius 3 is 2.35 bits per heavy atom. The highest BCUT2D eigenvalue weighted by atomic mass is 32.2. The molecule has 1 amide bonds. The zero-order valence-electron chi connectivity index (χ0n) is 17.4. The highest BCUT2D eigenvalue weighted by Gasteiger charge is 2.16. The van der Waals surface area contributed by atoms with Crippen molar-refractivity contribution in [2.45, 2.75) is 33.0 Å². The number of anilines is 1. The number of nitrogens with one attached hydrogen (secondary N) is 2. The summed E-state index contributed by atoms with van der Waals surface area (Å²) in [4.78, 5) is 16.0. The lowest BCUT2D eigenvalue weighted by Gasteiger charge is -2.12. The third-order valence-electron chi connectivity index (χ3n) is 4.14. The van der Waals surface area contributed by atoms with E-state index >= 15 is 0 Å². The SMILES string of the molecule is CC(C)Oc1ccc(NS(=O)(=O)CC(=O)NCc2ccc(Cn3cncn3)cc2)cc1. The molecule has 0 unspecified atom stereocenters. The van der Waals surface area contributed by atoms with Crippen LogP contribution in [-0.4, -0.2) is 40.9 Å². The summed E-state index contributed by atoms with van der Waals surface area (Å²) in [6.07, 6.45) is 3.13. The van der Waals surface area contributed by atoms with Crippen LogP contribution in [0.5, 0.6) is 5.75 Å². The van der Waals surface area contributed by atoms with Crippen molar-refractivity contribution in [3.8, 4) is 5.75 Å². The number of nitrogens with zero attached hydrogens (tertiary/aromatic N) is 3. The van der Waals surface area contributed by atoms with Gasteiger partial charge in [-0.3, -0.25) is 9.52 Å². The van der Waals surface area contributed by atoms with Gasteiger partial charge in [-0.1, -0.05) is 24.3 Å². The standard InChI is InChI=1S/C21H25N5O4S/c1-16(2)30-20-9-7-19(8-10-20)25-31(28,29)13-21(27)23-11-17-3-5-18(6-4-17)12-26-15-22-14-24-26/h3-10,14-16,25H,11-13H2,1-2H3,(H,23,27). The normalized spacial score (nSPS) is 11.3. The van der Waals surface area contributed by atoms with Gasteiger partial charge in [-0.25, -0.2) is 18.1 Å². The van der Waals surface area contributed by atoms with Gasteiger partial charge in [0.05, 0.1) is 12.6 Å². The van der Waals surface area contributed by atoms with Gasteiger partial charge in [-0.15, -0.1) is 0 Å². The molecule has 0 aliphatic rings. The first-order valence-electron chi connectivity index (χ1n) is 9.73. The van der Waals surface area contributed by atoms with Gasteiger partial charge in [0.25, 0.3) is 0 Å². The summed E-state index contributed by atoms with van der Waals surface area (Å²) in [5, 5.41) is 6.68. The molecule has 2 N–H and O–H groups in total. The van der Waals surface area contributed by atoms with Crippen LogP contribution in [0, 0.1) is 0 Å². The predicted molar refractivity (Wildman–Crippen MR) is 117 cm³/mol. The zero-order chi connectivity index (χ0) is 22.3. The predicted octanol–water partition coefficient (Wildman–Crippen LogP) is 2.17. The fourth-order valence-corrected chi connectivity index (χ4v) is 3.79. The van der Waals surface area contributed by atoms with Crippen LogP contribution in [-0.2, 0) is 27.9 Å². The number of hydrogen-bond donors (Lipinski definition) is 2. The number of carbonyl (C=O) groups excluding carboxylic acids is 1. The average molecular weight is 444 g/mol. The van der Waals surface area contributed by atoms with Crippen molar-refractivity contribution in [1.82, 2.24) is 20.1 Å². The van der Waals surface area contributed by atoms with Gasteiger partial charge in [0, 0.05) is 12.2 Å². The Kier molecular flexibility index (Phi) is 7.24. The molecule has 0 aliphatic carbocycles. The quantitative estimate of drug-likeness (QED) is 0.496. The lowest BCUT2D eigenvalue weighted by molar-refractivity contribution is -0.118. The maximum atomic E-state index is 12.3. The molecule has 0 bridgehead atoms. The van der Waals surface area contributed by atoms with E-state index in [9.17, 15) is 13.2 Å². The first kappa shape index (κ1) is 22.3. The lowest BCUT2D eigenvalue weighted by Crippen LogP contribution is -2.32. The fraction of sp³-hybridized carbons (Fsp3) is 0.286. The molecule has 0 atom stereocenters. The molecular weight excluding hydrogens is 418 g/mol. The Hall–Kier alpha value is -3.40. The average Bonchev–Trinajstić information content (AvgIpc) is 3.21. The summed E-state index contributed by atoms with van der Waals surface area (Å²) in [6.45, 7) is 4.64. The van der Waals surface area contributed by atoms with Crippen molar-refractivity contribution in [2.24, 2.45) is 0 Å². The maximum Gasteiger partial charge on any atom is 0.241 e. The summed E-state index contributed by atoms with van der Waals surface area (Å²) in [6, 6.07) is 14.1. The Labute approximate surface area is 181 Å². The number of benzene rings is 2. The molecule has 3 aromatic rings. The molecule has 2 aromatic carbocycles. The van der Waals surface area contributed by atoms with E-state index in [-0.39, 0.29) is 12.6 Å². The first-order valence-corrected chi connectivity index (χ1v) is 11.4. The molecule has 0 radical (unpaired) electrons. The molecule has 1 heterocycles. The van der Waals surface area contributed by atoms with Crippen LogP contribution in [0.1, 0.15) is 25.0 Å². The van der Waals surface area contributed by atoms with Gasteiger partial charge in [0.15, 0.2) is 0 Å². The number of carbonyl (C=O) groups is 1. The van der Waals surface area contributed by atoms with Gasteiger partial charge >= 0.3 is 0 Å². The fourth-order valence-electron chi connectivity index (χ4n) is 2.78. The Bertz CT molecular complexity index is 1080. The van der Waals surface area contributed by atoms with Crippen LogP contribution in [0.2, 0.25) is 0 Å². The molecule has 10 heteroatoms. The number of aromatic nitrogens is 3. The van der Waals surface area contributed by atoms with Gasteiger partial charge in [-0.2, -0.15) is 5.10 Å². The summed E-state index contributed by atoms with van der Waals surface area (Å²) in [5.74, 6) is -0.608. The third-order valence-corrected chi connectivity index (χ3v) is 5.33. The van der Waals surface area contributed by atoms with Crippen molar-refractivity contribution >= 4 is 21.6 Å². The van der Waals surface area contributed by atoms with Gasteiger partial charge in [-0.05, 0) is 49.2 Å². The monoisotopic (exact) mass is 443 g/mol. The molecule has 0 aliphatic heterocycles. The molecule has 0 fully saturated rings. The minimum atomic E-state index is -3.83. The molecule has 31 heavy (non-hydrogen) atoms. The van der Waals surface area contributed by atoms with E-state index < -0.39 is 21.7 Å². The topological polar surface area (TPSA) is 115 Å². The van der Waals surface area contributed by atoms with Crippen molar-refractivity contribution in [1.29, 1.82) is 0 Å². The van der Waals surface area contributed by atoms with Gasteiger partial charge in [0.2, 0.25) is 15.9 Å². The van der Waals surface area contributed by atoms with Gasteiger partial charge < -0.3 is 10.1 Å². The second-order valence-electron chi connectivity index (χ2n) is 7.24. The van der Waals surface area contributed by atoms with Crippen molar-refractivity contribution in [3.05, 3.63) is 72.3 Å². The Morgan fingerprint density at radius 1 is 1.06 bits per heavy atom. The molecule has 9 nitrogen and oxygen atoms in total. The summed E-state index contributed by atoms with van der Waals surface area (Å²) >= 11 is 0. The van der Waals surface area contributed by atoms with Crippen LogP contribution >= 0.6 is 0 Å². The first-order chi connectivity index (χ1) is 14.8. The maximum absolute atomic E-state index is 12.3. The second-order valence-corrected chi connectivity index (χ2v) is 8.96. The van der Waals surface area contributed by atoms with E-state index in [2.05, 4.69) is 20.1 Å². The van der Waals surface area contributed by atoms with Crippen LogP contribution in [0.25, 0.3) is 0 Å². The summed E-state index contributed by atoms with van der Waals surface area (Å²) in [5.41, 5.74) is 2.27. The van der Waals surface area contributed by atoms with E-state index in [1.165, 1.54) is 6.33 Å². The number of hydrogen-bond acceptors (Lipinski definition) is 6.